The monoisotopic (exact) mass is 429 g/mol. The Morgan fingerprint density at radius 3 is 2.41 bits per heavy atom. The zero-order valence-corrected chi connectivity index (χ0v) is 16.0. The topological polar surface area (TPSA) is 92.5 Å². The maximum absolute atomic E-state index is 12.9. The molecule has 1 saturated heterocycles. The van der Waals surface area contributed by atoms with Gasteiger partial charge in [0.1, 0.15) is 4.90 Å². The second-order valence-electron chi connectivity index (χ2n) is 6.60. The van der Waals surface area contributed by atoms with Crippen LogP contribution in [-0.2, 0) is 22.7 Å². The van der Waals surface area contributed by atoms with Crippen molar-refractivity contribution in [1.82, 2.24) is 4.31 Å². The molecule has 156 valence electrons. The molecule has 1 heterocycles. The lowest BCUT2D eigenvalue weighted by Crippen LogP contribution is -2.28. The molecule has 0 radical (unpaired) electrons. The second kappa shape index (κ2) is 7.99. The molecule has 0 bridgehead atoms. The quantitative estimate of drug-likeness (QED) is 0.553. The lowest BCUT2D eigenvalue weighted by Gasteiger charge is -2.19. The SMILES string of the molecule is O=[N+]([O-])c1ccc(NCc2cccc(C(F)(F)F)c2)c(S(=O)(=O)N2CCCC2)c1. The molecule has 2 aromatic carbocycles. The van der Waals surface area contributed by atoms with Crippen molar-refractivity contribution >= 4 is 21.4 Å². The van der Waals surface area contributed by atoms with E-state index >= 15 is 0 Å². The minimum atomic E-state index is -4.49. The van der Waals surface area contributed by atoms with E-state index in [0.29, 0.717) is 31.5 Å². The number of nitro benzene ring substituents is 1. The summed E-state index contributed by atoms with van der Waals surface area (Å²) < 4.78 is 65.8. The van der Waals surface area contributed by atoms with Crippen LogP contribution >= 0.6 is 0 Å². The fraction of sp³-hybridized carbons (Fsp3) is 0.333. The number of hydrogen-bond acceptors (Lipinski definition) is 5. The highest BCUT2D eigenvalue weighted by Crippen LogP contribution is 2.32. The number of nitro groups is 1. The Morgan fingerprint density at radius 1 is 1.10 bits per heavy atom. The van der Waals surface area contributed by atoms with Gasteiger partial charge in [-0.3, -0.25) is 10.1 Å². The normalized spacial score (nSPS) is 15.4. The summed E-state index contributed by atoms with van der Waals surface area (Å²) in [7, 11) is -3.97. The molecule has 1 aliphatic heterocycles. The van der Waals surface area contributed by atoms with E-state index in [1.807, 2.05) is 0 Å². The van der Waals surface area contributed by atoms with Crippen molar-refractivity contribution in [2.45, 2.75) is 30.5 Å². The Hall–Kier alpha value is -2.66. The van der Waals surface area contributed by atoms with E-state index in [-0.39, 0.29) is 22.8 Å². The molecule has 3 rings (SSSR count). The molecule has 29 heavy (non-hydrogen) atoms. The molecular weight excluding hydrogens is 411 g/mol. The van der Waals surface area contributed by atoms with Crippen molar-refractivity contribution in [3.63, 3.8) is 0 Å². The highest BCUT2D eigenvalue weighted by atomic mass is 32.2. The third kappa shape index (κ3) is 4.67. The van der Waals surface area contributed by atoms with E-state index in [4.69, 9.17) is 0 Å². The summed E-state index contributed by atoms with van der Waals surface area (Å²) in [4.78, 5) is 10.1. The van der Waals surface area contributed by atoms with Crippen molar-refractivity contribution < 1.29 is 26.5 Å². The summed E-state index contributed by atoms with van der Waals surface area (Å²) in [6.45, 7) is 0.556. The summed E-state index contributed by atoms with van der Waals surface area (Å²) in [5.41, 5.74) is -0.805. The van der Waals surface area contributed by atoms with E-state index in [0.717, 1.165) is 24.3 Å². The maximum Gasteiger partial charge on any atom is 0.416 e. The number of rotatable bonds is 6. The van der Waals surface area contributed by atoms with Crippen molar-refractivity contribution in [2.75, 3.05) is 18.4 Å². The van der Waals surface area contributed by atoms with Crippen LogP contribution in [0, 0.1) is 10.1 Å². The van der Waals surface area contributed by atoms with E-state index < -0.39 is 26.7 Å². The van der Waals surface area contributed by atoms with Crippen LogP contribution in [0.2, 0.25) is 0 Å². The number of benzene rings is 2. The molecule has 11 heteroatoms. The molecule has 0 unspecified atom stereocenters. The number of nitrogens with zero attached hydrogens (tertiary/aromatic N) is 2. The largest absolute Gasteiger partial charge is 0.416 e. The Morgan fingerprint density at radius 2 is 1.79 bits per heavy atom. The van der Waals surface area contributed by atoms with Crippen molar-refractivity contribution in [1.29, 1.82) is 0 Å². The van der Waals surface area contributed by atoms with Crippen LogP contribution in [0.4, 0.5) is 24.5 Å². The molecule has 1 N–H and O–H groups in total. The first-order chi connectivity index (χ1) is 13.6. The predicted molar refractivity (Wildman–Crippen MR) is 99.9 cm³/mol. The molecule has 0 saturated carbocycles. The molecule has 7 nitrogen and oxygen atoms in total. The van der Waals surface area contributed by atoms with E-state index in [1.165, 1.54) is 22.5 Å². The van der Waals surface area contributed by atoms with E-state index in [1.54, 1.807) is 0 Å². The average molecular weight is 429 g/mol. The van der Waals surface area contributed by atoms with Gasteiger partial charge < -0.3 is 5.32 Å². The molecule has 0 amide bonds. The van der Waals surface area contributed by atoms with Crippen LogP contribution in [0.5, 0.6) is 0 Å². The summed E-state index contributed by atoms with van der Waals surface area (Å²) in [5.74, 6) is 0. The summed E-state index contributed by atoms with van der Waals surface area (Å²) in [6, 6.07) is 8.03. The van der Waals surface area contributed by atoms with Gasteiger partial charge in [0.25, 0.3) is 5.69 Å². The standard InChI is InChI=1S/C18H18F3N3O4S/c19-18(20,21)14-5-3-4-13(10-14)12-22-16-7-6-15(24(25)26)11-17(16)29(27,28)23-8-1-2-9-23/h3-7,10-11,22H,1-2,8-9,12H2. The first kappa shape index (κ1) is 21.1. The van der Waals surface area contributed by atoms with E-state index in [2.05, 4.69) is 5.32 Å². The van der Waals surface area contributed by atoms with Crippen LogP contribution in [0.3, 0.4) is 0 Å². The van der Waals surface area contributed by atoms with Crippen LogP contribution in [0.25, 0.3) is 0 Å². The molecule has 1 fully saturated rings. The highest BCUT2D eigenvalue weighted by Gasteiger charge is 2.32. The Labute approximate surface area is 165 Å². The number of anilines is 1. The summed E-state index contributed by atoms with van der Waals surface area (Å²) >= 11 is 0. The van der Waals surface area contributed by atoms with Crippen molar-refractivity contribution in [3.05, 3.63) is 63.7 Å². The van der Waals surface area contributed by atoms with Gasteiger partial charge in [-0.25, -0.2) is 8.42 Å². The van der Waals surface area contributed by atoms with Gasteiger partial charge in [0.2, 0.25) is 10.0 Å². The number of alkyl halides is 3. The van der Waals surface area contributed by atoms with Crippen LogP contribution in [-0.4, -0.2) is 30.7 Å². The van der Waals surface area contributed by atoms with Gasteiger partial charge in [0, 0.05) is 31.8 Å². The van der Waals surface area contributed by atoms with Crippen molar-refractivity contribution in [2.24, 2.45) is 0 Å². The minimum Gasteiger partial charge on any atom is -0.380 e. The highest BCUT2D eigenvalue weighted by molar-refractivity contribution is 7.89. The smallest absolute Gasteiger partial charge is 0.380 e. The molecule has 0 aromatic heterocycles. The first-order valence-electron chi connectivity index (χ1n) is 8.77. The van der Waals surface area contributed by atoms with Gasteiger partial charge in [-0.1, -0.05) is 12.1 Å². The molecular formula is C18H18F3N3O4S. The Balaban J connectivity index is 1.92. The van der Waals surface area contributed by atoms with Gasteiger partial charge >= 0.3 is 6.18 Å². The summed E-state index contributed by atoms with van der Waals surface area (Å²) in [5, 5.41) is 13.9. The zero-order valence-electron chi connectivity index (χ0n) is 15.1. The number of sulfonamides is 1. The number of non-ortho nitro benzene ring substituents is 1. The van der Waals surface area contributed by atoms with Crippen LogP contribution < -0.4 is 5.32 Å². The molecule has 0 aliphatic carbocycles. The molecule has 0 spiro atoms. The van der Waals surface area contributed by atoms with E-state index in [9.17, 15) is 31.7 Å². The van der Waals surface area contributed by atoms with Gasteiger partial charge in [-0.15, -0.1) is 0 Å². The number of hydrogen-bond donors (Lipinski definition) is 1. The first-order valence-corrected chi connectivity index (χ1v) is 10.2. The predicted octanol–water partition coefficient (Wildman–Crippen LogP) is 4.01. The molecule has 1 aliphatic rings. The second-order valence-corrected chi connectivity index (χ2v) is 8.51. The summed E-state index contributed by atoms with van der Waals surface area (Å²) in [6.07, 6.45) is -3.10. The van der Waals surface area contributed by atoms with Gasteiger partial charge in [-0.2, -0.15) is 17.5 Å². The number of halogens is 3. The fourth-order valence-electron chi connectivity index (χ4n) is 3.11. The lowest BCUT2D eigenvalue weighted by atomic mass is 10.1. The Kier molecular flexibility index (Phi) is 5.80. The van der Waals surface area contributed by atoms with Crippen LogP contribution in [0.1, 0.15) is 24.0 Å². The average Bonchev–Trinajstić information content (AvgIpc) is 3.21. The Bertz CT molecular complexity index is 1020. The third-order valence-corrected chi connectivity index (χ3v) is 6.53. The van der Waals surface area contributed by atoms with Gasteiger partial charge in [0.15, 0.2) is 0 Å². The maximum atomic E-state index is 12.9. The van der Waals surface area contributed by atoms with Gasteiger partial charge in [-0.05, 0) is 36.6 Å². The zero-order chi connectivity index (χ0) is 21.2. The fourth-order valence-corrected chi connectivity index (χ4v) is 4.81. The number of nitrogens with one attached hydrogen (secondary N) is 1. The molecule has 2 aromatic rings. The van der Waals surface area contributed by atoms with Crippen LogP contribution in [0.15, 0.2) is 47.4 Å². The van der Waals surface area contributed by atoms with Gasteiger partial charge in [0.05, 0.1) is 16.2 Å². The van der Waals surface area contributed by atoms with Crippen molar-refractivity contribution in [3.8, 4) is 0 Å². The minimum absolute atomic E-state index is 0.0791. The lowest BCUT2D eigenvalue weighted by molar-refractivity contribution is -0.385. The third-order valence-electron chi connectivity index (χ3n) is 4.60. The molecule has 0 atom stereocenters.